The van der Waals surface area contributed by atoms with Crippen LogP contribution in [0, 0.1) is 17.8 Å². The normalized spacial score (nSPS) is 18.2. The quantitative estimate of drug-likeness (QED) is 0.715. The molecule has 1 aliphatic heterocycles. The zero-order valence-electron chi connectivity index (χ0n) is 9.33. The lowest BCUT2D eigenvalue weighted by atomic mass is 9.93. The molecule has 1 N–H and O–H groups in total. The minimum atomic E-state index is -0.662. The third kappa shape index (κ3) is 4.85. The van der Waals surface area contributed by atoms with E-state index < -0.39 is 5.97 Å². The molecule has 0 aromatic heterocycles. The van der Waals surface area contributed by atoms with E-state index in [1.54, 1.807) is 0 Å². The minimum absolute atomic E-state index is 0.336. The molecule has 15 heavy (non-hydrogen) atoms. The first-order chi connectivity index (χ1) is 7.22. The van der Waals surface area contributed by atoms with E-state index in [-0.39, 0.29) is 0 Å². The minimum Gasteiger partial charge on any atom is -0.481 e. The van der Waals surface area contributed by atoms with Crippen molar-refractivity contribution in [1.29, 1.82) is 0 Å². The Morgan fingerprint density at radius 2 is 2.13 bits per heavy atom. The molecule has 3 nitrogen and oxygen atoms in total. The molecule has 0 bridgehead atoms. The average Bonchev–Trinajstić information content (AvgIpc) is 2.20. The molecule has 0 amide bonds. The number of carboxylic acid groups (broad SMARTS) is 1. The maximum absolute atomic E-state index is 10.5. The van der Waals surface area contributed by atoms with Gasteiger partial charge in [0.25, 0.3) is 0 Å². The number of piperidine rings is 1. The van der Waals surface area contributed by atoms with E-state index in [1.165, 1.54) is 0 Å². The van der Waals surface area contributed by atoms with Gasteiger partial charge in [-0.05, 0) is 38.8 Å². The molecule has 84 valence electrons. The number of hydrogen-bond donors (Lipinski definition) is 1. The summed E-state index contributed by atoms with van der Waals surface area (Å²) in [6, 6.07) is 0. The maximum Gasteiger partial charge on any atom is 0.303 e. The molecular formula is C12H19NO2. The average molecular weight is 209 g/mol. The van der Waals surface area contributed by atoms with Gasteiger partial charge in [0.15, 0.2) is 0 Å². The van der Waals surface area contributed by atoms with Crippen molar-refractivity contribution in [2.24, 2.45) is 5.92 Å². The molecule has 1 fully saturated rings. The monoisotopic (exact) mass is 209 g/mol. The second-order valence-corrected chi connectivity index (χ2v) is 4.06. The lowest BCUT2D eigenvalue weighted by Crippen LogP contribution is -2.34. The van der Waals surface area contributed by atoms with Crippen LogP contribution < -0.4 is 0 Å². The van der Waals surface area contributed by atoms with Gasteiger partial charge < -0.3 is 10.0 Å². The summed E-state index contributed by atoms with van der Waals surface area (Å²) in [6.07, 6.45) is 3.31. The van der Waals surface area contributed by atoms with Crippen molar-refractivity contribution in [2.45, 2.75) is 32.6 Å². The Morgan fingerprint density at radius 3 is 2.67 bits per heavy atom. The van der Waals surface area contributed by atoms with Gasteiger partial charge in [-0.3, -0.25) is 4.79 Å². The second-order valence-electron chi connectivity index (χ2n) is 4.06. The smallest absolute Gasteiger partial charge is 0.303 e. The van der Waals surface area contributed by atoms with Crippen molar-refractivity contribution in [1.82, 2.24) is 4.90 Å². The highest BCUT2D eigenvalue weighted by atomic mass is 16.4. The summed E-state index contributed by atoms with van der Waals surface area (Å²) in [4.78, 5) is 12.9. The largest absolute Gasteiger partial charge is 0.481 e. The summed E-state index contributed by atoms with van der Waals surface area (Å²) in [5.74, 6) is 5.66. The van der Waals surface area contributed by atoms with Crippen LogP contribution in [0.3, 0.4) is 0 Å². The Labute approximate surface area is 91.5 Å². The van der Waals surface area contributed by atoms with Crippen molar-refractivity contribution in [3.05, 3.63) is 0 Å². The number of likely N-dealkylation sites (tertiary alicyclic amines) is 1. The summed E-state index contributed by atoms with van der Waals surface area (Å²) in [6.45, 7) is 4.95. The van der Waals surface area contributed by atoms with Gasteiger partial charge in [0, 0.05) is 19.4 Å². The first-order valence-corrected chi connectivity index (χ1v) is 5.56. The molecule has 1 saturated heterocycles. The van der Waals surface area contributed by atoms with Crippen LogP contribution in [0.2, 0.25) is 0 Å². The highest BCUT2D eigenvalue weighted by Gasteiger charge is 2.20. The fraction of sp³-hybridized carbons (Fsp3) is 0.750. The van der Waals surface area contributed by atoms with Gasteiger partial charge in [-0.25, -0.2) is 0 Å². The molecule has 0 unspecified atom stereocenters. The highest BCUT2D eigenvalue weighted by Crippen LogP contribution is 2.20. The van der Waals surface area contributed by atoms with Crippen LogP contribution in [-0.4, -0.2) is 35.6 Å². The Bertz CT molecular complexity index is 257. The number of rotatable bonds is 4. The fourth-order valence-corrected chi connectivity index (χ4v) is 2.00. The number of aliphatic carboxylic acids is 1. The Hall–Kier alpha value is -1.01. The summed E-state index contributed by atoms with van der Waals surface area (Å²) >= 11 is 0. The van der Waals surface area contributed by atoms with E-state index in [1.807, 2.05) is 6.92 Å². The van der Waals surface area contributed by atoms with Crippen LogP contribution in [0.1, 0.15) is 32.6 Å². The fourth-order valence-electron chi connectivity index (χ4n) is 2.00. The van der Waals surface area contributed by atoms with Crippen LogP contribution in [0.15, 0.2) is 0 Å². The first kappa shape index (κ1) is 12.1. The van der Waals surface area contributed by atoms with E-state index >= 15 is 0 Å². The van der Waals surface area contributed by atoms with Crippen molar-refractivity contribution in [2.75, 3.05) is 19.6 Å². The molecule has 0 radical (unpaired) electrons. The molecule has 1 rings (SSSR count). The van der Waals surface area contributed by atoms with Gasteiger partial charge in [-0.1, -0.05) is 0 Å². The van der Waals surface area contributed by atoms with Crippen LogP contribution in [0.4, 0.5) is 0 Å². The van der Waals surface area contributed by atoms with Crippen molar-refractivity contribution >= 4 is 5.97 Å². The third-order valence-corrected chi connectivity index (χ3v) is 2.90. The van der Waals surface area contributed by atoms with Gasteiger partial charge in [0.2, 0.25) is 0 Å². The summed E-state index contributed by atoms with van der Waals surface area (Å²) in [5.41, 5.74) is 0. The second kappa shape index (κ2) is 6.47. The van der Waals surface area contributed by atoms with E-state index in [0.717, 1.165) is 38.9 Å². The molecule has 3 heteroatoms. The molecule has 0 spiro atoms. The van der Waals surface area contributed by atoms with Crippen LogP contribution in [0.5, 0.6) is 0 Å². The molecule has 1 aliphatic rings. The van der Waals surface area contributed by atoms with E-state index in [4.69, 9.17) is 5.11 Å². The maximum atomic E-state index is 10.5. The van der Waals surface area contributed by atoms with Crippen molar-refractivity contribution in [3.8, 4) is 11.8 Å². The van der Waals surface area contributed by atoms with Gasteiger partial charge >= 0.3 is 5.97 Å². The summed E-state index contributed by atoms with van der Waals surface area (Å²) < 4.78 is 0. The van der Waals surface area contributed by atoms with E-state index in [9.17, 15) is 4.79 Å². The predicted octanol–water partition coefficient (Wildman–Crippen LogP) is 1.59. The first-order valence-electron chi connectivity index (χ1n) is 5.56. The number of hydrogen-bond acceptors (Lipinski definition) is 2. The summed E-state index contributed by atoms with van der Waals surface area (Å²) in [5, 5.41) is 8.67. The predicted molar refractivity (Wildman–Crippen MR) is 59.5 cm³/mol. The lowest BCUT2D eigenvalue weighted by molar-refractivity contribution is -0.138. The number of carbonyl (C=O) groups is 1. The van der Waals surface area contributed by atoms with Crippen molar-refractivity contribution < 1.29 is 9.90 Å². The molecule has 0 saturated carbocycles. The standard InChI is InChI=1S/C12H19NO2/c1-2-3-4-7-13-8-5-11(6-9-13)10-12(14)15/h11H,4-10H2,1H3,(H,14,15). The van der Waals surface area contributed by atoms with Gasteiger partial charge in [0.1, 0.15) is 0 Å². The molecule has 0 aliphatic carbocycles. The van der Waals surface area contributed by atoms with Crippen LogP contribution in [0.25, 0.3) is 0 Å². The van der Waals surface area contributed by atoms with Gasteiger partial charge in [0.05, 0.1) is 0 Å². The Morgan fingerprint density at radius 1 is 1.47 bits per heavy atom. The van der Waals surface area contributed by atoms with Gasteiger partial charge in [-0.2, -0.15) is 0 Å². The van der Waals surface area contributed by atoms with Crippen molar-refractivity contribution in [3.63, 3.8) is 0 Å². The lowest BCUT2D eigenvalue weighted by Gasteiger charge is -2.30. The van der Waals surface area contributed by atoms with Crippen LogP contribution in [-0.2, 0) is 4.79 Å². The van der Waals surface area contributed by atoms with E-state index in [0.29, 0.717) is 12.3 Å². The van der Waals surface area contributed by atoms with E-state index in [2.05, 4.69) is 16.7 Å². The zero-order chi connectivity index (χ0) is 11.1. The number of carboxylic acids is 1. The molecule has 0 aromatic carbocycles. The Balaban J connectivity index is 2.17. The molecule has 0 atom stereocenters. The molecule has 1 heterocycles. The zero-order valence-corrected chi connectivity index (χ0v) is 9.33. The molecule has 0 aromatic rings. The topological polar surface area (TPSA) is 40.5 Å². The third-order valence-electron chi connectivity index (χ3n) is 2.90. The SMILES string of the molecule is CC#CCCN1CCC(CC(=O)O)CC1. The van der Waals surface area contributed by atoms with Crippen LogP contribution >= 0.6 is 0 Å². The molecular weight excluding hydrogens is 190 g/mol. The summed E-state index contributed by atoms with van der Waals surface area (Å²) in [7, 11) is 0. The van der Waals surface area contributed by atoms with Gasteiger partial charge in [-0.15, -0.1) is 11.8 Å². The number of nitrogens with zero attached hydrogens (tertiary/aromatic N) is 1. The highest BCUT2D eigenvalue weighted by molar-refractivity contribution is 5.67. The Kier molecular flexibility index (Phi) is 5.20.